The highest BCUT2D eigenvalue weighted by Crippen LogP contribution is 2.28. The summed E-state index contributed by atoms with van der Waals surface area (Å²) in [4.78, 5) is 30.6. The second kappa shape index (κ2) is 10.0. The molecule has 9 nitrogen and oxygen atoms in total. The number of imidazole rings is 1. The average Bonchev–Trinajstić information content (AvgIpc) is 3.39. The van der Waals surface area contributed by atoms with Crippen LogP contribution in [0.15, 0.2) is 54.7 Å². The molecule has 0 bridgehead atoms. The number of pyridine rings is 1. The summed E-state index contributed by atoms with van der Waals surface area (Å²) >= 11 is 0. The molecule has 0 aliphatic carbocycles. The van der Waals surface area contributed by atoms with Gasteiger partial charge in [-0.2, -0.15) is 4.68 Å². The van der Waals surface area contributed by atoms with Crippen LogP contribution in [-0.4, -0.2) is 36.8 Å². The number of rotatable bonds is 5. The fourth-order valence-electron chi connectivity index (χ4n) is 4.16. The number of fused-ring (bicyclic) bond motifs is 2. The van der Waals surface area contributed by atoms with Gasteiger partial charge in [0.1, 0.15) is 35.4 Å². The lowest BCUT2D eigenvalue weighted by atomic mass is 10.2. The maximum Gasteiger partial charge on any atom is 0.435 e. The zero-order valence-electron chi connectivity index (χ0n) is 22.0. The van der Waals surface area contributed by atoms with E-state index in [9.17, 15) is 22.8 Å². The molecule has 0 unspecified atom stereocenters. The first-order valence-electron chi connectivity index (χ1n) is 12.2. The molecule has 1 amide bonds. The monoisotopic (exact) mass is 551 g/mol. The Labute approximate surface area is 226 Å². The first-order chi connectivity index (χ1) is 18.9. The minimum atomic E-state index is -0.815. The quantitative estimate of drug-likeness (QED) is 0.287. The highest BCUT2D eigenvalue weighted by molar-refractivity contribution is 6.09. The number of amides is 1. The molecule has 0 atom stereocenters. The third-order valence-electron chi connectivity index (χ3n) is 5.88. The van der Waals surface area contributed by atoms with Crippen molar-refractivity contribution in [2.45, 2.75) is 39.9 Å². The molecule has 0 radical (unpaired) electrons. The van der Waals surface area contributed by atoms with Crippen LogP contribution in [-0.2, 0) is 11.3 Å². The molecule has 5 rings (SSSR count). The Morgan fingerprint density at radius 2 is 1.75 bits per heavy atom. The van der Waals surface area contributed by atoms with Crippen molar-refractivity contribution >= 4 is 34.4 Å². The van der Waals surface area contributed by atoms with Crippen LogP contribution in [0.5, 0.6) is 5.75 Å². The lowest BCUT2D eigenvalue weighted by molar-refractivity contribution is 0.0522. The van der Waals surface area contributed by atoms with E-state index in [4.69, 9.17) is 9.47 Å². The van der Waals surface area contributed by atoms with Gasteiger partial charge in [0.25, 0.3) is 5.91 Å². The van der Waals surface area contributed by atoms with Gasteiger partial charge in [0, 0.05) is 11.6 Å². The van der Waals surface area contributed by atoms with Gasteiger partial charge < -0.3 is 14.8 Å². The van der Waals surface area contributed by atoms with Gasteiger partial charge in [-0.05, 0) is 70.2 Å². The lowest BCUT2D eigenvalue weighted by Crippen LogP contribution is -2.27. The first kappa shape index (κ1) is 26.7. The molecule has 0 saturated heterocycles. The van der Waals surface area contributed by atoms with Gasteiger partial charge in [-0.25, -0.2) is 22.9 Å². The molecule has 0 saturated carbocycles. The van der Waals surface area contributed by atoms with E-state index >= 15 is 0 Å². The SMILES string of the molecule is Cc1nc2c(OCc3c(F)cccc3F)cccn2c1C(=O)Nc1nn(C(=O)OC(C)(C)C)c2ccc(F)cc12. The summed E-state index contributed by atoms with van der Waals surface area (Å²) in [5.74, 6) is -2.62. The van der Waals surface area contributed by atoms with Crippen molar-refractivity contribution in [2.24, 2.45) is 0 Å². The van der Waals surface area contributed by atoms with Gasteiger partial charge in [-0.3, -0.25) is 9.20 Å². The fraction of sp³-hybridized carbons (Fsp3) is 0.214. The molecule has 0 spiro atoms. The molecular formula is C28H24F3N5O4. The Morgan fingerprint density at radius 1 is 1.02 bits per heavy atom. The minimum absolute atomic E-state index is 0.0675. The molecule has 0 aliphatic heterocycles. The summed E-state index contributed by atoms with van der Waals surface area (Å²) in [6.45, 7) is 6.27. The van der Waals surface area contributed by atoms with Crippen molar-refractivity contribution in [1.29, 1.82) is 0 Å². The molecule has 2 aromatic carbocycles. The Balaban J connectivity index is 1.48. The highest BCUT2D eigenvalue weighted by atomic mass is 19.1. The number of benzene rings is 2. The highest BCUT2D eigenvalue weighted by Gasteiger charge is 2.25. The Hall–Kier alpha value is -4.87. The maximum atomic E-state index is 14.1. The van der Waals surface area contributed by atoms with Crippen molar-refractivity contribution in [3.8, 4) is 5.75 Å². The molecule has 5 aromatic rings. The molecular weight excluding hydrogens is 527 g/mol. The topological polar surface area (TPSA) is 99.8 Å². The van der Waals surface area contributed by atoms with Gasteiger partial charge in [-0.15, -0.1) is 5.10 Å². The number of carbonyl (C=O) groups excluding carboxylic acids is 2. The summed E-state index contributed by atoms with van der Waals surface area (Å²) in [7, 11) is 0. The number of carbonyl (C=O) groups is 2. The van der Waals surface area contributed by atoms with Gasteiger partial charge >= 0.3 is 6.09 Å². The predicted octanol–water partition coefficient (Wildman–Crippen LogP) is 6.02. The smallest absolute Gasteiger partial charge is 0.435 e. The zero-order chi connectivity index (χ0) is 28.8. The molecule has 40 heavy (non-hydrogen) atoms. The lowest BCUT2D eigenvalue weighted by Gasteiger charge is -2.19. The number of aryl methyl sites for hydroxylation is 1. The van der Waals surface area contributed by atoms with Gasteiger partial charge in [0.05, 0.1) is 16.8 Å². The number of halogens is 3. The van der Waals surface area contributed by atoms with E-state index in [2.05, 4.69) is 15.4 Å². The number of hydrogen-bond donors (Lipinski definition) is 1. The molecule has 0 aliphatic rings. The van der Waals surface area contributed by atoms with Crippen molar-refractivity contribution in [1.82, 2.24) is 19.2 Å². The van der Waals surface area contributed by atoms with E-state index < -0.39 is 41.7 Å². The Morgan fingerprint density at radius 3 is 2.45 bits per heavy atom. The van der Waals surface area contributed by atoms with Crippen LogP contribution in [0.4, 0.5) is 23.8 Å². The van der Waals surface area contributed by atoms with E-state index in [1.165, 1.54) is 22.6 Å². The Bertz CT molecular complexity index is 1770. The summed E-state index contributed by atoms with van der Waals surface area (Å²) < 4.78 is 55.7. The zero-order valence-corrected chi connectivity index (χ0v) is 22.0. The largest absolute Gasteiger partial charge is 0.485 e. The first-order valence-corrected chi connectivity index (χ1v) is 12.2. The van der Waals surface area contributed by atoms with Crippen LogP contribution >= 0.6 is 0 Å². The maximum absolute atomic E-state index is 14.1. The second-order valence-electron chi connectivity index (χ2n) is 9.96. The van der Waals surface area contributed by atoms with Gasteiger partial charge in [0.2, 0.25) is 0 Å². The summed E-state index contributed by atoms with van der Waals surface area (Å²) in [5.41, 5.74) is -0.175. The third-order valence-corrected chi connectivity index (χ3v) is 5.88. The van der Waals surface area contributed by atoms with Crippen LogP contribution in [0.2, 0.25) is 0 Å². The number of aromatic nitrogens is 4. The summed E-state index contributed by atoms with van der Waals surface area (Å²) in [5, 5.41) is 7.00. The van der Waals surface area contributed by atoms with Crippen LogP contribution < -0.4 is 10.1 Å². The standard InChI is InChI=1S/C28H24F3N5O4/c1-15-23(35-12-6-9-22(25(35)32-15)39-14-18-19(30)7-5-8-20(18)31)26(37)33-24-17-13-16(29)10-11-21(17)36(34-24)27(38)40-28(2,3)4/h5-13H,14H2,1-4H3,(H,33,34,37). The normalized spacial score (nSPS) is 11.7. The van der Waals surface area contributed by atoms with Crippen LogP contribution in [0.25, 0.3) is 16.6 Å². The molecule has 12 heteroatoms. The fourth-order valence-corrected chi connectivity index (χ4v) is 4.16. The predicted molar refractivity (Wildman–Crippen MR) is 140 cm³/mol. The third kappa shape index (κ3) is 5.07. The van der Waals surface area contributed by atoms with Gasteiger partial charge in [0.15, 0.2) is 17.2 Å². The second-order valence-corrected chi connectivity index (χ2v) is 9.96. The molecule has 3 aromatic heterocycles. The minimum Gasteiger partial charge on any atom is -0.485 e. The van der Waals surface area contributed by atoms with Crippen molar-refractivity contribution in [2.75, 3.05) is 5.32 Å². The number of hydrogen-bond acceptors (Lipinski definition) is 6. The van der Waals surface area contributed by atoms with Gasteiger partial charge in [-0.1, -0.05) is 6.07 Å². The number of nitrogens with one attached hydrogen (secondary N) is 1. The molecule has 206 valence electrons. The van der Waals surface area contributed by atoms with E-state index in [-0.39, 0.29) is 39.4 Å². The van der Waals surface area contributed by atoms with E-state index in [1.807, 2.05) is 0 Å². The van der Waals surface area contributed by atoms with E-state index in [0.29, 0.717) is 5.69 Å². The Kier molecular flexibility index (Phi) is 6.70. The van der Waals surface area contributed by atoms with Crippen molar-refractivity contribution in [3.05, 3.63) is 89.1 Å². The summed E-state index contributed by atoms with van der Waals surface area (Å²) in [6, 6.07) is 10.3. The van der Waals surface area contributed by atoms with E-state index in [1.54, 1.807) is 46.0 Å². The van der Waals surface area contributed by atoms with Crippen LogP contribution in [0, 0.1) is 24.4 Å². The number of ether oxygens (including phenoxy) is 2. The van der Waals surface area contributed by atoms with Crippen LogP contribution in [0.3, 0.4) is 0 Å². The van der Waals surface area contributed by atoms with Crippen molar-refractivity contribution in [3.63, 3.8) is 0 Å². The number of anilines is 1. The summed E-state index contributed by atoms with van der Waals surface area (Å²) in [6.07, 6.45) is 0.765. The molecule has 3 heterocycles. The molecule has 0 fully saturated rings. The average molecular weight is 552 g/mol. The number of nitrogens with zero attached hydrogens (tertiary/aromatic N) is 4. The van der Waals surface area contributed by atoms with Crippen LogP contribution in [0.1, 0.15) is 42.5 Å². The van der Waals surface area contributed by atoms with Crippen molar-refractivity contribution < 1.29 is 32.2 Å². The molecule has 1 N–H and O–H groups in total. The van der Waals surface area contributed by atoms with E-state index in [0.717, 1.165) is 22.9 Å².